The number of nitrogens with zero attached hydrogens (tertiary/aromatic N) is 2. The van der Waals surface area contributed by atoms with Gasteiger partial charge in [-0.1, -0.05) is 6.07 Å². The van der Waals surface area contributed by atoms with E-state index in [9.17, 15) is 4.79 Å². The Hall–Kier alpha value is -1.46. The Labute approximate surface area is 132 Å². The van der Waals surface area contributed by atoms with E-state index in [1.807, 2.05) is 25.4 Å². The molecule has 0 aromatic carbocycles. The van der Waals surface area contributed by atoms with Crippen LogP contribution in [0.1, 0.15) is 31.4 Å². The molecule has 0 spiro atoms. The molecule has 1 amide bonds. The van der Waals surface area contributed by atoms with Crippen LogP contribution in [0.3, 0.4) is 0 Å². The molecule has 5 heteroatoms. The van der Waals surface area contributed by atoms with Crippen molar-refractivity contribution >= 4 is 5.91 Å². The van der Waals surface area contributed by atoms with Crippen molar-refractivity contribution in [2.75, 3.05) is 26.7 Å². The van der Waals surface area contributed by atoms with Crippen molar-refractivity contribution in [3.63, 3.8) is 0 Å². The molecule has 3 rings (SSSR count). The van der Waals surface area contributed by atoms with Crippen LogP contribution < -0.4 is 10.6 Å². The second-order valence-corrected chi connectivity index (χ2v) is 6.66. The summed E-state index contributed by atoms with van der Waals surface area (Å²) in [5, 5.41) is 6.79. The number of pyridine rings is 1. The third-order valence-electron chi connectivity index (χ3n) is 5.02. The maximum atomic E-state index is 12.7. The van der Waals surface area contributed by atoms with Gasteiger partial charge in [-0.15, -0.1) is 0 Å². The lowest BCUT2D eigenvalue weighted by atomic mass is 9.83. The van der Waals surface area contributed by atoms with E-state index in [0.717, 1.165) is 57.4 Å². The number of rotatable bonds is 4. The zero-order valence-electron chi connectivity index (χ0n) is 13.3. The number of carbonyl (C=O) groups excluding carboxylic acids is 1. The highest BCUT2D eigenvalue weighted by Crippen LogP contribution is 2.24. The van der Waals surface area contributed by atoms with E-state index in [-0.39, 0.29) is 17.5 Å². The summed E-state index contributed by atoms with van der Waals surface area (Å²) in [4.78, 5) is 19.4. The minimum Gasteiger partial charge on any atom is -0.349 e. The highest BCUT2D eigenvalue weighted by atomic mass is 16.2. The smallest absolute Gasteiger partial charge is 0.237 e. The van der Waals surface area contributed by atoms with Gasteiger partial charge in [0.1, 0.15) is 0 Å². The van der Waals surface area contributed by atoms with Crippen LogP contribution >= 0.6 is 0 Å². The number of piperidine rings is 1. The lowest BCUT2D eigenvalue weighted by molar-refractivity contribution is -0.127. The van der Waals surface area contributed by atoms with Crippen molar-refractivity contribution in [3.8, 4) is 0 Å². The molecule has 0 aliphatic carbocycles. The highest BCUT2D eigenvalue weighted by Gasteiger charge is 2.37. The summed E-state index contributed by atoms with van der Waals surface area (Å²) in [5.74, 6) is 0.192. The fourth-order valence-corrected chi connectivity index (χ4v) is 3.69. The summed E-state index contributed by atoms with van der Waals surface area (Å²) < 4.78 is 0. The predicted molar refractivity (Wildman–Crippen MR) is 86.6 cm³/mol. The Kier molecular flexibility index (Phi) is 4.74. The normalized spacial score (nSPS) is 25.0. The fraction of sp³-hybridized carbons (Fsp3) is 0.647. The third-order valence-corrected chi connectivity index (χ3v) is 5.02. The number of hydrogen-bond acceptors (Lipinski definition) is 4. The van der Waals surface area contributed by atoms with Crippen LogP contribution in [0.2, 0.25) is 0 Å². The number of hydrogen-bond donors (Lipinski definition) is 2. The second-order valence-electron chi connectivity index (χ2n) is 6.66. The topological polar surface area (TPSA) is 57.3 Å². The molecule has 2 saturated heterocycles. The van der Waals surface area contributed by atoms with E-state index in [0.29, 0.717) is 0 Å². The summed E-state index contributed by atoms with van der Waals surface area (Å²) in [6.07, 6.45) is 6.66. The van der Waals surface area contributed by atoms with Gasteiger partial charge >= 0.3 is 0 Å². The fourth-order valence-electron chi connectivity index (χ4n) is 3.69. The lowest BCUT2D eigenvalue weighted by Crippen LogP contribution is -2.59. The van der Waals surface area contributed by atoms with Crippen molar-refractivity contribution in [3.05, 3.63) is 30.1 Å². The van der Waals surface area contributed by atoms with Gasteiger partial charge in [-0.25, -0.2) is 0 Å². The van der Waals surface area contributed by atoms with Gasteiger partial charge in [0.2, 0.25) is 5.91 Å². The number of aromatic nitrogens is 1. The second kappa shape index (κ2) is 6.75. The standard InChI is InChI=1S/C17H26N4O/c1-21-12-4-6-15(21)16(22)20-17(7-10-18-11-8-17)13-14-5-2-3-9-19-14/h2-3,5,9,15,18H,4,6-8,10-13H2,1H3,(H,20,22)/t15-/m1/s1. The molecule has 0 bridgehead atoms. The van der Waals surface area contributed by atoms with Crippen LogP contribution in [0.25, 0.3) is 0 Å². The predicted octanol–water partition coefficient (Wildman–Crippen LogP) is 0.957. The van der Waals surface area contributed by atoms with Gasteiger partial charge in [0, 0.05) is 23.9 Å². The molecular formula is C17H26N4O. The monoisotopic (exact) mass is 302 g/mol. The zero-order chi connectivity index (χ0) is 15.4. The molecule has 2 aliphatic rings. The number of likely N-dealkylation sites (N-methyl/N-ethyl adjacent to an activating group) is 1. The van der Waals surface area contributed by atoms with Crippen molar-refractivity contribution in [2.24, 2.45) is 0 Å². The average molecular weight is 302 g/mol. The number of amides is 1. The molecule has 3 heterocycles. The molecule has 0 saturated carbocycles. The van der Waals surface area contributed by atoms with E-state index in [1.165, 1.54) is 0 Å². The van der Waals surface area contributed by atoms with Gasteiger partial charge < -0.3 is 10.6 Å². The third kappa shape index (κ3) is 3.47. The Morgan fingerprint density at radius 2 is 2.27 bits per heavy atom. The molecule has 2 fully saturated rings. The number of nitrogens with one attached hydrogen (secondary N) is 2. The van der Waals surface area contributed by atoms with Crippen LogP contribution in [0, 0.1) is 0 Å². The first-order chi connectivity index (χ1) is 10.7. The van der Waals surface area contributed by atoms with E-state index in [2.05, 4.69) is 26.6 Å². The van der Waals surface area contributed by atoms with E-state index in [4.69, 9.17) is 0 Å². The first-order valence-electron chi connectivity index (χ1n) is 8.31. The van der Waals surface area contributed by atoms with Gasteiger partial charge in [0.15, 0.2) is 0 Å². The Morgan fingerprint density at radius 1 is 1.45 bits per heavy atom. The SMILES string of the molecule is CN1CCC[C@@H]1C(=O)NC1(Cc2ccccn2)CCNCC1. The Bertz CT molecular complexity index is 499. The van der Waals surface area contributed by atoms with Crippen LogP contribution in [-0.2, 0) is 11.2 Å². The van der Waals surface area contributed by atoms with Crippen molar-refractivity contribution in [1.29, 1.82) is 0 Å². The molecule has 0 radical (unpaired) electrons. The number of carbonyl (C=O) groups is 1. The van der Waals surface area contributed by atoms with E-state index >= 15 is 0 Å². The van der Waals surface area contributed by atoms with Crippen LogP contribution in [0.15, 0.2) is 24.4 Å². The van der Waals surface area contributed by atoms with Gasteiger partial charge in [0.25, 0.3) is 0 Å². The van der Waals surface area contributed by atoms with Crippen molar-refractivity contribution in [2.45, 2.75) is 43.7 Å². The summed E-state index contributed by atoms with van der Waals surface area (Å²) in [5.41, 5.74) is 0.907. The molecule has 0 unspecified atom stereocenters. The maximum Gasteiger partial charge on any atom is 0.237 e. The van der Waals surface area contributed by atoms with Crippen LogP contribution in [0.4, 0.5) is 0 Å². The summed E-state index contributed by atoms with van der Waals surface area (Å²) >= 11 is 0. The quantitative estimate of drug-likeness (QED) is 0.870. The minimum absolute atomic E-state index is 0.0375. The molecule has 1 atom stereocenters. The molecule has 2 N–H and O–H groups in total. The Balaban J connectivity index is 1.73. The minimum atomic E-state index is -0.153. The largest absolute Gasteiger partial charge is 0.349 e. The average Bonchev–Trinajstić information content (AvgIpc) is 2.95. The first kappa shape index (κ1) is 15.4. The molecule has 2 aliphatic heterocycles. The molecular weight excluding hydrogens is 276 g/mol. The van der Waals surface area contributed by atoms with E-state index in [1.54, 1.807) is 0 Å². The van der Waals surface area contributed by atoms with Gasteiger partial charge in [-0.05, 0) is 64.5 Å². The molecule has 22 heavy (non-hydrogen) atoms. The first-order valence-corrected chi connectivity index (χ1v) is 8.31. The Morgan fingerprint density at radius 3 is 2.91 bits per heavy atom. The zero-order valence-corrected chi connectivity index (χ0v) is 13.3. The van der Waals surface area contributed by atoms with E-state index < -0.39 is 0 Å². The van der Waals surface area contributed by atoms with Crippen LogP contribution in [0.5, 0.6) is 0 Å². The summed E-state index contributed by atoms with van der Waals surface area (Å²) in [6.45, 7) is 2.92. The van der Waals surface area contributed by atoms with Crippen molar-refractivity contribution in [1.82, 2.24) is 20.5 Å². The summed E-state index contributed by atoms with van der Waals surface area (Å²) in [6, 6.07) is 6.04. The number of likely N-dealkylation sites (tertiary alicyclic amines) is 1. The molecule has 1 aromatic heterocycles. The van der Waals surface area contributed by atoms with Crippen LogP contribution in [-0.4, -0.2) is 54.1 Å². The molecule has 120 valence electrons. The van der Waals surface area contributed by atoms with Gasteiger partial charge in [0.05, 0.1) is 6.04 Å². The lowest BCUT2D eigenvalue weighted by Gasteiger charge is -2.39. The van der Waals surface area contributed by atoms with Crippen molar-refractivity contribution < 1.29 is 4.79 Å². The maximum absolute atomic E-state index is 12.7. The highest BCUT2D eigenvalue weighted by molar-refractivity contribution is 5.82. The molecule has 1 aromatic rings. The molecule has 5 nitrogen and oxygen atoms in total. The summed E-state index contributed by atoms with van der Waals surface area (Å²) in [7, 11) is 2.05. The van der Waals surface area contributed by atoms with Gasteiger partial charge in [-0.2, -0.15) is 0 Å². The van der Waals surface area contributed by atoms with Gasteiger partial charge in [-0.3, -0.25) is 14.7 Å².